The highest BCUT2D eigenvalue weighted by molar-refractivity contribution is 7.90. The minimum absolute atomic E-state index is 0.398. The number of rotatable bonds is 8. The summed E-state index contributed by atoms with van der Waals surface area (Å²) in [5.74, 6) is 3.43. The molecule has 6 heteroatoms. The molecular weight excluding hydrogens is 336 g/mol. The van der Waals surface area contributed by atoms with Gasteiger partial charge in [0, 0.05) is 18.8 Å². The average molecular weight is 365 g/mol. The molecule has 0 spiro atoms. The van der Waals surface area contributed by atoms with E-state index < -0.39 is 10.2 Å². The van der Waals surface area contributed by atoms with Crippen LogP contribution in [0.4, 0.5) is 5.69 Å². The Balaban J connectivity index is 1.18. The van der Waals surface area contributed by atoms with Gasteiger partial charge in [-0.15, -0.1) is 0 Å². The maximum Gasteiger partial charge on any atom is 0.299 e. The summed E-state index contributed by atoms with van der Waals surface area (Å²) in [6.45, 7) is 1.04. The third kappa shape index (κ3) is 4.18. The molecule has 4 bridgehead atoms. The minimum atomic E-state index is -3.51. The fourth-order valence-corrected chi connectivity index (χ4v) is 6.27. The molecule has 5 rings (SSSR count). The molecule has 0 aromatic heterocycles. The van der Waals surface area contributed by atoms with Gasteiger partial charge in [0.25, 0.3) is 10.2 Å². The Labute approximate surface area is 150 Å². The maximum atomic E-state index is 12.0. The molecule has 25 heavy (non-hydrogen) atoms. The molecule has 4 fully saturated rings. The van der Waals surface area contributed by atoms with Gasteiger partial charge in [-0.3, -0.25) is 4.72 Å². The number of anilines is 1. The topological polar surface area (TPSA) is 67.4 Å². The van der Waals surface area contributed by atoms with Gasteiger partial charge in [-0.05, 0) is 74.3 Å². The first-order valence-corrected chi connectivity index (χ1v) is 11.0. The number of hydrogen-bond donors (Lipinski definition) is 2. The molecule has 4 aliphatic carbocycles. The van der Waals surface area contributed by atoms with Crippen LogP contribution in [-0.4, -0.2) is 27.7 Å². The first-order chi connectivity index (χ1) is 12.1. The summed E-state index contributed by atoms with van der Waals surface area (Å²) in [4.78, 5) is 0. The number of benzene rings is 1. The van der Waals surface area contributed by atoms with Crippen LogP contribution in [0.15, 0.2) is 30.3 Å². The lowest BCUT2D eigenvalue weighted by molar-refractivity contribution is -0.126. The van der Waals surface area contributed by atoms with E-state index in [4.69, 9.17) is 4.74 Å². The Morgan fingerprint density at radius 3 is 2.24 bits per heavy atom. The Hall–Kier alpha value is -1.11. The second-order valence-electron chi connectivity index (χ2n) is 7.99. The normalized spacial score (nSPS) is 33.5. The van der Waals surface area contributed by atoms with E-state index in [2.05, 4.69) is 9.44 Å². The van der Waals surface area contributed by atoms with Crippen LogP contribution < -0.4 is 9.44 Å². The van der Waals surface area contributed by atoms with E-state index in [1.807, 2.05) is 6.07 Å². The first-order valence-electron chi connectivity index (χ1n) is 9.53. The molecule has 4 saturated carbocycles. The van der Waals surface area contributed by atoms with Crippen LogP contribution in [0.5, 0.6) is 0 Å². The molecule has 0 radical (unpaired) electrons. The Morgan fingerprint density at radius 2 is 1.60 bits per heavy atom. The summed E-state index contributed by atoms with van der Waals surface area (Å²) in [6, 6.07) is 8.92. The van der Waals surface area contributed by atoms with E-state index in [0.717, 1.165) is 23.7 Å². The third-order valence-electron chi connectivity index (χ3n) is 6.09. The van der Waals surface area contributed by atoms with Gasteiger partial charge in [0.05, 0.1) is 6.10 Å². The number of nitrogens with one attached hydrogen (secondary N) is 2. The van der Waals surface area contributed by atoms with Crippen LogP contribution in [0.25, 0.3) is 0 Å². The summed E-state index contributed by atoms with van der Waals surface area (Å²) in [5.41, 5.74) is 0.569. The molecule has 5 nitrogen and oxygen atoms in total. The van der Waals surface area contributed by atoms with E-state index in [1.54, 1.807) is 24.3 Å². The van der Waals surface area contributed by atoms with Crippen molar-refractivity contribution in [2.45, 2.75) is 44.6 Å². The van der Waals surface area contributed by atoms with Crippen molar-refractivity contribution in [2.24, 2.45) is 23.7 Å². The van der Waals surface area contributed by atoms with Crippen molar-refractivity contribution in [1.82, 2.24) is 4.72 Å². The van der Waals surface area contributed by atoms with Gasteiger partial charge in [0.2, 0.25) is 0 Å². The van der Waals surface area contributed by atoms with Crippen molar-refractivity contribution < 1.29 is 13.2 Å². The van der Waals surface area contributed by atoms with Gasteiger partial charge in [0.1, 0.15) is 0 Å². The van der Waals surface area contributed by atoms with Crippen molar-refractivity contribution in [3.05, 3.63) is 30.3 Å². The van der Waals surface area contributed by atoms with Gasteiger partial charge >= 0.3 is 0 Å². The summed E-state index contributed by atoms with van der Waals surface area (Å²) in [6.07, 6.45) is 7.99. The van der Waals surface area contributed by atoms with Gasteiger partial charge in [-0.2, -0.15) is 13.1 Å². The fourth-order valence-electron chi connectivity index (χ4n) is 5.34. The lowest BCUT2D eigenvalue weighted by atomic mass is 9.55. The van der Waals surface area contributed by atoms with Gasteiger partial charge in [-0.25, -0.2) is 0 Å². The molecule has 0 amide bonds. The monoisotopic (exact) mass is 364 g/mol. The first kappa shape index (κ1) is 17.3. The highest BCUT2D eigenvalue weighted by Gasteiger charge is 2.48. The number of para-hydroxylation sites is 1. The summed E-state index contributed by atoms with van der Waals surface area (Å²) in [7, 11) is -3.51. The second-order valence-corrected chi connectivity index (χ2v) is 9.49. The van der Waals surface area contributed by atoms with E-state index in [0.29, 0.717) is 31.4 Å². The fraction of sp³-hybridized carbons (Fsp3) is 0.684. The van der Waals surface area contributed by atoms with Crippen LogP contribution in [0.2, 0.25) is 0 Å². The molecular formula is C19H28N2O3S. The highest BCUT2D eigenvalue weighted by atomic mass is 32.2. The predicted octanol–water partition coefficient (Wildman–Crippen LogP) is 3.16. The summed E-state index contributed by atoms with van der Waals surface area (Å²) < 4.78 is 35.3. The zero-order valence-corrected chi connectivity index (χ0v) is 15.4. The third-order valence-corrected chi connectivity index (χ3v) is 7.18. The average Bonchev–Trinajstić information content (AvgIpc) is 2.56. The van der Waals surface area contributed by atoms with Gasteiger partial charge < -0.3 is 4.74 Å². The van der Waals surface area contributed by atoms with Crippen molar-refractivity contribution >= 4 is 15.9 Å². The lowest BCUT2D eigenvalue weighted by Crippen LogP contribution is -2.49. The summed E-state index contributed by atoms with van der Waals surface area (Å²) >= 11 is 0. The molecule has 4 aliphatic rings. The molecule has 1 aromatic carbocycles. The van der Waals surface area contributed by atoms with E-state index >= 15 is 0 Å². The van der Waals surface area contributed by atoms with E-state index in [1.165, 1.54) is 32.1 Å². The second kappa shape index (κ2) is 7.25. The van der Waals surface area contributed by atoms with Crippen LogP contribution in [0.1, 0.15) is 38.5 Å². The van der Waals surface area contributed by atoms with Crippen molar-refractivity contribution in [2.75, 3.05) is 17.9 Å². The van der Waals surface area contributed by atoms with Crippen molar-refractivity contribution in [3.8, 4) is 0 Å². The lowest BCUT2D eigenvalue weighted by Gasteiger charge is -2.54. The maximum absolute atomic E-state index is 12.0. The highest BCUT2D eigenvalue weighted by Crippen LogP contribution is 2.54. The Kier molecular flexibility index (Phi) is 5.02. The molecule has 0 atom stereocenters. The predicted molar refractivity (Wildman–Crippen MR) is 98.4 cm³/mol. The molecule has 0 saturated heterocycles. The zero-order chi connectivity index (χ0) is 17.3. The summed E-state index contributed by atoms with van der Waals surface area (Å²) in [5, 5.41) is 0. The van der Waals surface area contributed by atoms with Crippen LogP contribution in [0.3, 0.4) is 0 Å². The SMILES string of the molecule is O=S(=O)(NCCCOC1C2CC3CC(C2)CC1C3)Nc1ccccc1. The van der Waals surface area contributed by atoms with Crippen LogP contribution in [0, 0.1) is 23.7 Å². The molecule has 0 aliphatic heterocycles. The quantitative estimate of drug-likeness (QED) is 0.696. The van der Waals surface area contributed by atoms with Crippen molar-refractivity contribution in [1.29, 1.82) is 0 Å². The van der Waals surface area contributed by atoms with E-state index in [-0.39, 0.29) is 0 Å². The Bertz CT molecular complexity index is 649. The molecule has 2 N–H and O–H groups in total. The number of ether oxygens (including phenoxy) is 1. The van der Waals surface area contributed by atoms with Crippen LogP contribution >= 0.6 is 0 Å². The van der Waals surface area contributed by atoms with Crippen molar-refractivity contribution in [3.63, 3.8) is 0 Å². The standard InChI is InChI=1S/C19H28N2O3S/c22-25(23,21-18-5-2-1-3-6-18)20-7-4-8-24-19-16-10-14-9-15(12-16)13-17(19)11-14/h1-3,5-6,14-17,19-21H,4,7-13H2. The zero-order valence-electron chi connectivity index (χ0n) is 14.6. The molecule has 0 heterocycles. The molecule has 1 aromatic rings. The molecule has 0 unspecified atom stereocenters. The molecule has 138 valence electrons. The van der Waals surface area contributed by atoms with E-state index in [9.17, 15) is 8.42 Å². The Morgan fingerprint density at radius 1 is 0.960 bits per heavy atom. The smallest absolute Gasteiger partial charge is 0.299 e. The van der Waals surface area contributed by atoms with Gasteiger partial charge in [-0.1, -0.05) is 18.2 Å². The minimum Gasteiger partial charge on any atom is -0.378 e. The largest absolute Gasteiger partial charge is 0.378 e. The van der Waals surface area contributed by atoms with Gasteiger partial charge in [0.15, 0.2) is 0 Å². The van der Waals surface area contributed by atoms with Crippen LogP contribution in [-0.2, 0) is 14.9 Å². The number of hydrogen-bond acceptors (Lipinski definition) is 3.